The SMILES string of the molecule is CCC1OCCC1C(=O)c1cc(Br)sc1Br. The van der Waals surface area contributed by atoms with Crippen molar-refractivity contribution in [3.63, 3.8) is 0 Å². The lowest BCUT2D eigenvalue weighted by molar-refractivity contribution is 0.0689. The van der Waals surface area contributed by atoms with Gasteiger partial charge in [-0.2, -0.15) is 0 Å². The summed E-state index contributed by atoms with van der Waals surface area (Å²) in [7, 11) is 0. The number of thiophene rings is 1. The number of Topliss-reactive ketones (excluding diaryl/α,β-unsaturated/α-hetero) is 1. The van der Waals surface area contributed by atoms with Gasteiger partial charge in [0.05, 0.1) is 19.6 Å². The number of ether oxygens (including phenoxy) is 1. The zero-order valence-corrected chi connectivity index (χ0v) is 12.8. The quantitative estimate of drug-likeness (QED) is 0.745. The summed E-state index contributed by atoms with van der Waals surface area (Å²) >= 11 is 8.37. The summed E-state index contributed by atoms with van der Waals surface area (Å²) in [5.74, 6) is 0.237. The zero-order chi connectivity index (χ0) is 11.7. The Morgan fingerprint density at radius 3 is 2.94 bits per heavy atom. The highest BCUT2D eigenvalue weighted by Crippen LogP contribution is 2.36. The Morgan fingerprint density at radius 1 is 1.62 bits per heavy atom. The maximum atomic E-state index is 12.3. The molecule has 1 aliphatic heterocycles. The summed E-state index contributed by atoms with van der Waals surface area (Å²) in [5.41, 5.74) is 0.783. The van der Waals surface area contributed by atoms with E-state index in [-0.39, 0.29) is 17.8 Å². The van der Waals surface area contributed by atoms with Crippen LogP contribution in [0, 0.1) is 5.92 Å². The van der Waals surface area contributed by atoms with Crippen molar-refractivity contribution in [2.24, 2.45) is 5.92 Å². The van der Waals surface area contributed by atoms with E-state index in [1.54, 1.807) is 0 Å². The standard InChI is InChI=1S/C11H12Br2O2S/c1-2-8-6(3-4-15-8)10(14)7-5-9(12)16-11(7)13/h5-6,8H,2-4H2,1H3. The highest BCUT2D eigenvalue weighted by atomic mass is 79.9. The molecular weight excluding hydrogens is 356 g/mol. The van der Waals surface area contributed by atoms with Gasteiger partial charge in [-0.05, 0) is 50.8 Å². The molecule has 1 fully saturated rings. The van der Waals surface area contributed by atoms with Crippen LogP contribution in [0.2, 0.25) is 0 Å². The average molecular weight is 368 g/mol. The van der Waals surface area contributed by atoms with Crippen LogP contribution < -0.4 is 0 Å². The molecule has 2 atom stereocenters. The third-order valence-electron chi connectivity index (χ3n) is 2.87. The van der Waals surface area contributed by atoms with Gasteiger partial charge in [0.15, 0.2) is 5.78 Å². The Hall–Kier alpha value is 0.290. The number of rotatable bonds is 3. The largest absolute Gasteiger partial charge is 0.377 e. The van der Waals surface area contributed by atoms with Gasteiger partial charge in [-0.15, -0.1) is 11.3 Å². The predicted octanol–water partition coefficient (Wildman–Crippen LogP) is 4.27. The summed E-state index contributed by atoms with van der Waals surface area (Å²) in [4.78, 5) is 12.3. The van der Waals surface area contributed by atoms with Crippen molar-refractivity contribution in [1.82, 2.24) is 0 Å². The Balaban J connectivity index is 2.21. The second kappa shape index (κ2) is 5.29. The summed E-state index contributed by atoms with van der Waals surface area (Å²) in [6.45, 7) is 2.77. The monoisotopic (exact) mass is 366 g/mol. The first-order chi connectivity index (χ1) is 7.63. The molecule has 88 valence electrons. The second-order valence-corrected chi connectivity index (χ2v) is 7.56. The number of hydrogen-bond acceptors (Lipinski definition) is 3. The molecule has 0 N–H and O–H groups in total. The molecule has 0 saturated carbocycles. The minimum Gasteiger partial charge on any atom is -0.377 e. The molecule has 2 unspecified atom stereocenters. The maximum absolute atomic E-state index is 12.3. The summed E-state index contributed by atoms with van der Waals surface area (Å²) < 4.78 is 7.45. The van der Waals surface area contributed by atoms with Gasteiger partial charge in [0.1, 0.15) is 0 Å². The van der Waals surface area contributed by atoms with Gasteiger partial charge in [-0.3, -0.25) is 4.79 Å². The van der Waals surface area contributed by atoms with E-state index in [1.807, 2.05) is 6.07 Å². The van der Waals surface area contributed by atoms with E-state index in [2.05, 4.69) is 38.8 Å². The Labute approximate surface area is 116 Å². The Bertz CT molecular complexity index is 403. The molecule has 2 rings (SSSR count). The summed E-state index contributed by atoms with van der Waals surface area (Å²) in [6.07, 6.45) is 1.84. The lowest BCUT2D eigenvalue weighted by atomic mass is 9.92. The fourth-order valence-electron chi connectivity index (χ4n) is 2.06. The van der Waals surface area contributed by atoms with Crippen molar-refractivity contribution in [3.8, 4) is 0 Å². The van der Waals surface area contributed by atoms with Crippen LogP contribution >= 0.6 is 43.2 Å². The normalized spacial score (nSPS) is 24.9. The molecule has 1 aromatic heterocycles. The molecule has 0 aliphatic carbocycles. The van der Waals surface area contributed by atoms with Gasteiger partial charge in [0.25, 0.3) is 0 Å². The molecule has 0 bridgehead atoms. The lowest BCUT2D eigenvalue weighted by Crippen LogP contribution is -2.23. The van der Waals surface area contributed by atoms with Crippen molar-refractivity contribution in [2.75, 3.05) is 6.61 Å². The molecule has 5 heteroatoms. The van der Waals surface area contributed by atoms with Gasteiger partial charge in [0, 0.05) is 12.2 Å². The highest BCUT2D eigenvalue weighted by molar-refractivity contribution is 9.12. The molecule has 2 nitrogen and oxygen atoms in total. The summed E-state index contributed by atoms with van der Waals surface area (Å²) in [5, 5.41) is 0. The van der Waals surface area contributed by atoms with Crippen LogP contribution in [0.25, 0.3) is 0 Å². The van der Waals surface area contributed by atoms with Crippen molar-refractivity contribution < 1.29 is 9.53 Å². The number of halogens is 2. The summed E-state index contributed by atoms with van der Waals surface area (Å²) in [6, 6.07) is 1.89. The van der Waals surface area contributed by atoms with E-state index in [1.165, 1.54) is 11.3 Å². The molecular formula is C11H12Br2O2S. The first-order valence-electron chi connectivity index (χ1n) is 5.24. The Morgan fingerprint density at radius 2 is 2.38 bits per heavy atom. The molecule has 0 aromatic carbocycles. The molecule has 16 heavy (non-hydrogen) atoms. The molecule has 1 saturated heterocycles. The van der Waals surface area contributed by atoms with Crippen LogP contribution in [0.15, 0.2) is 13.6 Å². The second-order valence-electron chi connectivity index (χ2n) is 3.81. The van der Waals surface area contributed by atoms with Crippen LogP contribution in [0.3, 0.4) is 0 Å². The third-order valence-corrected chi connectivity index (χ3v) is 5.21. The van der Waals surface area contributed by atoms with Crippen LogP contribution in [0.4, 0.5) is 0 Å². The minimum atomic E-state index is 0.0304. The number of carbonyl (C=O) groups is 1. The third kappa shape index (κ3) is 2.42. The van der Waals surface area contributed by atoms with Gasteiger partial charge in [-0.25, -0.2) is 0 Å². The van der Waals surface area contributed by atoms with Crippen molar-refractivity contribution in [3.05, 3.63) is 19.2 Å². The van der Waals surface area contributed by atoms with Gasteiger partial charge >= 0.3 is 0 Å². The van der Waals surface area contributed by atoms with E-state index in [9.17, 15) is 4.79 Å². The molecule has 0 spiro atoms. The lowest BCUT2D eigenvalue weighted by Gasteiger charge is -2.14. The van der Waals surface area contributed by atoms with E-state index in [0.29, 0.717) is 6.61 Å². The van der Waals surface area contributed by atoms with Crippen LogP contribution in [0.5, 0.6) is 0 Å². The average Bonchev–Trinajstić information content (AvgIpc) is 2.83. The van der Waals surface area contributed by atoms with Crippen molar-refractivity contribution in [1.29, 1.82) is 0 Å². The molecule has 1 aliphatic rings. The van der Waals surface area contributed by atoms with Gasteiger partial charge in [-0.1, -0.05) is 6.92 Å². The van der Waals surface area contributed by atoms with E-state index >= 15 is 0 Å². The van der Waals surface area contributed by atoms with Crippen LogP contribution in [-0.2, 0) is 4.74 Å². The Kier molecular flexibility index (Phi) is 4.21. The molecule has 1 aromatic rings. The number of ketones is 1. The minimum absolute atomic E-state index is 0.0304. The first-order valence-corrected chi connectivity index (χ1v) is 7.64. The number of hydrogen-bond donors (Lipinski definition) is 0. The van der Waals surface area contributed by atoms with E-state index < -0.39 is 0 Å². The number of carbonyl (C=O) groups excluding carboxylic acids is 1. The van der Waals surface area contributed by atoms with Crippen molar-refractivity contribution in [2.45, 2.75) is 25.9 Å². The van der Waals surface area contributed by atoms with Crippen LogP contribution in [-0.4, -0.2) is 18.5 Å². The zero-order valence-electron chi connectivity index (χ0n) is 8.83. The van der Waals surface area contributed by atoms with Gasteiger partial charge in [0.2, 0.25) is 0 Å². The van der Waals surface area contributed by atoms with Crippen LogP contribution in [0.1, 0.15) is 30.1 Å². The molecule has 0 amide bonds. The predicted molar refractivity (Wildman–Crippen MR) is 72.2 cm³/mol. The maximum Gasteiger partial charge on any atom is 0.170 e. The molecule has 2 heterocycles. The fraction of sp³-hybridized carbons (Fsp3) is 0.545. The highest BCUT2D eigenvalue weighted by Gasteiger charge is 2.34. The van der Waals surface area contributed by atoms with E-state index in [0.717, 1.165) is 26.0 Å². The van der Waals surface area contributed by atoms with Gasteiger partial charge < -0.3 is 4.74 Å². The topological polar surface area (TPSA) is 26.3 Å². The smallest absolute Gasteiger partial charge is 0.170 e. The molecule has 0 radical (unpaired) electrons. The fourth-order valence-corrected chi connectivity index (χ4v) is 4.88. The van der Waals surface area contributed by atoms with E-state index in [4.69, 9.17) is 4.74 Å². The first kappa shape index (κ1) is 12.7. The van der Waals surface area contributed by atoms with Crippen molar-refractivity contribution >= 4 is 49.0 Å².